The van der Waals surface area contributed by atoms with Crippen molar-refractivity contribution in [2.45, 2.75) is 6.54 Å². The lowest BCUT2D eigenvalue weighted by molar-refractivity contribution is 0.415. The quantitative estimate of drug-likeness (QED) is 0.925. The summed E-state index contributed by atoms with van der Waals surface area (Å²) in [4.78, 5) is 4.52. The Hall–Kier alpha value is -1.10. The average Bonchev–Trinajstić information content (AvgIpc) is 2.78. The van der Waals surface area contributed by atoms with Crippen LogP contribution in [0.15, 0.2) is 23.6 Å². The Morgan fingerprint density at radius 2 is 2.29 bits per heavy atom. The van der Waals surface area contributed by atoms with E-state index in [-0.39, 0.29) is 0 Å². The molecule has 17 heavy (non-hydrogen) atoms. The van der Waals surface area contributed by atoms with Crippen molar-refractivity contribution in [2.75, 3.05) is 14.2 Å². The number of thiazole rings is 1. The van der Waals surface area contributed by atoms with Crippen LogP contribution in [0.25, 0.3) is 10.6 Å². The fourth-order valence-corrected chi connectivity index (χ4v) is 2.66. The summed E-state index contributed by atoms with van der Waals surface area (Å²) in [5.74, 6) is 0.755. The molecule has 2 aromatic rings. The number of methoxy groups -OCH3 is 1. The monoisotopic (exact) mass is 268 g/mol. The van der Waals surface area contributed by atoms with Gasteiger partial charge in [-0.3, -0.25) is 0 Å². The molecule has 0 saturated heterocycles. The highest BCUT2D eigenvalue weighted by Crippen LogP contribution is 2.32. The van der Waals surface area contributed by atoms with Gasteiger partial charge in [0.15, 0.2) is 0 Å². The van der Waals surface area contributed by atoms with Crippen LogP contribution in [0.4, 0.5) is 0 Å². The fraction of sp³-hybridized carbons (Fsp3) is 0.250. The van der Waals surface area contributed by atoms with Crippen molar-refractivity contribution in [1.29, 1.82) is 0 Å². The SMILES string of the molecule is CNCc1csc(-c2ccc(OC)cc2Cl)n1. The van der Waals surface area contributed by atoms with E-state index in [1.807, 2.05) is 24.6 Å². The molecule has 0 unspecified atom stereocenters. The minimum atomic E-state index is 0.662. The highest BCUT2D eigenvalue weighted by atomic mass is 35.5. The van der Waals surface area contributed by atoms with Gasteiger partial charge in [0.2, 0.25) is 0 Å². The molecule has 0 aliphatic heterocycles. The van der Waals surface area contributed by atoms with Crippen LogP contribution in [-0.2, 0) is 6.54 Å². The Kier molecular flexibility index (Phi) is 3.99. The maximum atomic E-state index is 6.20. The molecule has 0 spiro atoms. The molecule has 0 atom stereocenters. The third-order valence-electron chi connectivity index (χ3n) is 2.32. The predicted octanol–water partition coefficient (Wildman–Crippen LogP) is 3.19. The summed E-state index contributed by atoms with van der Waals surface area (Å²) >= 11 is 7.79. The third kappa shape index (κ3) is 2.77. The zero-order chi connectivity index (χ0) is 12.3. The average molecular weight is 269 g/mol. The number of nitrogens with one attached hydrogen (secondary N) is 1. The van der Waals surface area contributed by atoms with Gasteiger partial charge in [-0.25, -0.2) is 4.98 Å². The van der Waals surface area contributed by atoms with Crippen LogP contribution < -0.4 is 10.1 Å². The highest BCUT2D eigenvalue weighted by molar-refractivity contribution is 7.13. The highest BCUT2D eigenvalue weighted by Gasteiger charge is 2.09. The predicted molar refractivity (Wildman–Crippen MR) is 71.9 cm³/mol. The summed E-state index contributed by atoms with van der Waals surface area (Å²) in [6, 6.07) is 5.62. The lowest BCUT2D eigenvalue weighted by Crippen LogP contribution is -2.04. The van der Waals surface area contributed by atoms with Gasteiger partial charge < -0.3 is 10.1 Å². The Bertz CT molecular complexity index is 513. The summed E-state index contributed by atoms with van der Waals surface area (Å²) in [7, 11) is 3.53. The molecular weight excluding hydrogens is 256 g/mol. The molecule has 1 aromatic heterocycles. The summed E-state index contributed by atoms with van der Waals surface area (Å²) < 4.78 is 5.12. The first-order chi connectivity index (χ1) is 8.24. The molecule has 0 saturated carbocycles. The Balaban J connectivity index is 2.32. The van der Waals surface area contributed by atoms with Crippen molar-refractivity contribution in [1.82, 2.24) is 10.3 Å². The van der Waals surface area contributed by atoms with Crippen LogP contribution in [0.2, 0.25) is 5.02 Å². The summed E-state index contributed by atoms with van der Waals surface area (Å²) in [6.07, 6.45) is 0. The first kappa shape index (κ1) is 12.4. The standard InChI is InChI=1S/C12H13ClN2OS/c1-14-6-8-7-17-12(15-8)10-4-3-9(16-2)5-11(10)13/h3-5,7,14H,6H2,1-2H3. The normalized spacial score (nSPS) is 10.5. The van der Waals surface area contributed by atoms with E-state index in [4.69, 9.17) is 16.3 Å². The van der Waals surface area contributed by atoms with E-state index in [1.165, 1.54) is 0 Å². The van der Waals surface area contributed by atoms with Crippen LogP contribution in [0, 0.1) is 0 Å². The summed E-state index contributed by atoms with van der Waals surface area (Å²) in [6.45, 7) is 0.768. The van der Waals surface area contributed by atoms with E-state index >= 15 is 0 Å². The molecule has 0 radical (unpaired) electrons. The van der Waals surface area contributed by atoms with E-state index < -0.39 is 0 Å². The van der Waals surface area contributed by atoms with E-state index in [0.717, 1.165) is 28.6 Å². The Morgan fingerprint density at radius 3 is 2.94 bits per heavy atom. The molecule has 0 aliphatic carbocycles. The lowest BCUT2D eigenvalue weighted by atomic mass is 10.2. The number of ether oxygens (including phenoxy) is 1. The van der Waals surface area contributed by atoms with Gasteiger partial charge in [0.25, 0.3) is 0 Å². The van der Waals surface area contributed by atoms with Gasteiger partial charge in [-0.05, 0) is 25.2 Å². The molecular formula is C12H13ClN2OS. The van der Waals surface area contributed by atoms with Crippen LogP contribution in [0.3, 0.4) is 0 Å². The van der Waals surface area contributed by atoms with Crippen LogP contribution >= 0.6 is 22.9 Å². The third-order valence-corrected chi connectivity index (χ3v) is 3.55. The lowest BCUT2D eigenvalue weighted by Gasteiger charge is -2.03. The van der Waals surface area contributed by atoms with Gasteiger partial charge in [0.05, 0.1) is 17.8 Å². The first-order valence-corrected chi connectivity index (χ1v) is 6.43. The maximum Gasteiger partial charge on any atom is 0.125 e. The molecule has 0 bridgehead atoms. The van der Waals surface area contributed by atoms with Gasteiger partial charge >= 0.3 is 0 Å². The van der Waals surface area contributed by atoms with Crippen LogP contribution in [0.5, 0.6) is 5.75 Å². The maximum absolute atomic E-state index is 6.20. The molecule has 1 aromatic carbocycles. The van der Waals surface area contributed by atoms with Crippen molar-refractivity contribution in [3.63, 3.8) is 0 Å². The second kappa shape index (κ2) is 5.49. The summed E-state index contributed by atoms with van der Waals surface area (Å²) in [5, 5.41) is 6.70. The second-order valence-electron chi connectivity index (χ2n) is 3.52. The molecule has 1 N–H and O–H groups in total. The van der Waals surface area contributed by atoms with Crippen molar-refractivity contribution in [2.24, 2.45) is 0 Å². The number of halogens is 1. The van der Waals surface area contributed by atoms with Crippen molar-refractivity contribution >= 4 is 22.9 Å². The molecule has 0 amide bonds. The van der Waals surface area contributed by atoms with Crippen LogP contribution in [0.1, 0.15) is 5.69 Å². The zero-order valence-corrected chi connectivity index (χ0v) is 11.2. The zero-order valence-electron chi connectivity index (χ0n) is 9.66. The minimum absolute atomic E-state index is 0.662. The smallest absolute Gasteiger partial charge is 0.125 e. The Labute approximate surface area is 109 Å². The molecule has 3 nitrogen and oxygen atoms in total. The number of rotatable bonds is 4. The molecule has 0 fully saturated rings. The van der Waals surface area contributed by atoms with E-state index in [1.54, 1.807) is 24.5 Å². The van der Waals surface area contributed by atoms with E-state index in [0.29, 0.717) is 5.02 Å². The minimum Gasteiger partial charge on any atom is -0.497 e. The van der Waals surface area contributed by atoms with E-state index in [2.05, 4.69) is 10.3 Å². The molecule has 90 valence electrons. The topological polar surface area (TPSA) is 34.1 Å². The van der Waals surface area contributed by atoms with E-state index in [9.17, 15) is 0 Å². The number of hydrogen-bond donors (Lipinski definition) is 1. The summed E-state index contributed by atoms with van der Waals surface area (Å²) in [5.41, 5.74) is 1.97. The molecule has 5 heteroatoms. The molecule has 2 rings (SSSR count). The second-order valence-corrected chi connectivity index (χ2v) is 4.79. The van der Waals surface area contributed by atoms with Gasteiger partial charge in [-0.1, -0.05) is 11.6 Å². The van der Waals surface area contributed by atoms with Gasteiger partial charge in [0, 0.05) is 17.5 Å². The van der Waals surface area contributed by atoms with Crippen molar-refractivity contribution in [3.8, 4) is 16.3 Å². The number of benzene rings is 1. The largest absolute Gasteiger partial charge is 0.497 e. The number of nitrogens with zero attached hydrogens (tertiary/aromatic N) is 1. The van der Waals surface area contributed by atoms with Crippen molar-refractivity contribution in [3.05, 3.63) is 34.3 Å². The Morgan fingerprint density at radius 1 is 1.47 bits per heavy atom. The fourth-order valence-electron chi connectivity index (χ4n) is 1.49. The number of hydrogen-bond acceptors (Lipinski definition) is 4. The molecule has 0 aliphatic rings. The van der Waals surface area contributed by atoms with Crippen LogP contribution in [-0.4, -0.2) is 19.1 Å². The van der Waals surface area contributed by atoms with Gasteiger partial charge in [-0.15, -0.1) is 11.3 Å². The van der Waals surface area contributed by atoms with Crippen molar-refractivity contribution < 1.29 is 4.74 Å². The van der Waals surface area contributed by atoms with Gasteiger partial charge in [0.1, 0.15) is 10.8 Å². The van der Waals surface area contributed by atoms with Gasteiger partial charge in [-0.2, -0.15) is 0 Å². The first-order valence-electron chi connectivity index (χ1n) is 5.17. The number of aromatic nitrogens is 1. The molecule has 1 heterocycles.